The van der Waals surface area contributed by atoms with Crippen molar-refractivity contribution in [3.05, 3.63) is 58.0 Å². The second-order valence-corrected chi connectivity index (χ2v) is 4.26. The summed E-state index contributed by atoms with van der Waals surface area (Å²) in [6, 6.07) is 9.14. The minimum Gasteiger partial charge on any atom is -0.494 e. The zero-order chi connectivity index (χ0) is 13.8. The molecular formula is C15H17NO3. The quantitative estimate of drug-likeness (QED) is 0.914. The van der Waals surface area contributed by atoms with Crippen molar-refractivity contribution in [2.24, 2.45) is 0 Å². The molecule has 0 unspecified atom stereocenters. The van der Waals surface area contributed by atoms with Crippen molar-refractivity contribution in [3.8, 4) is 11.4 Å². The first-order valence-corrected chi connectivity index (χ1v) is 6.22. The summed E-state index contributed by atoms with van der Waals surface area (Å²) >= 11 is 0. The van der Waals surface area contributed by atoms with Gasteiger partial charge in [-0.05, 0) is 38.1 Å². The van der Waals surface area contributed by atoms with Gasteiger partial charge in [-0.1, -0.05) is 0 Å². The fraction of sp³-hybridized carbons (Fsp3) is 0.267. The van der Waals surface area contributed by atoms with Gasteiger partial charge in [0.15, 0.2) is 5.43 Å². The Kier molecular flexibility index (Phi) is 4.02. The summed E-state index contributed by atoms with van der Waals surface area (Å²) in [6.45, 7) is 4.17. The highest BCUT2D eigenvalue weighted by molar-refractivity contribution is 5.39. The molecule has 0 aliphatic heterocycles. The van der Waals surface area contributed by atoms with Crippen molar-refractivity contribution in [3.63, 3.8) is 0 Å². The van der Waals surface area contributed by atoms with Crippen molar-refractivity contribution in [1.29, 1.82) is 0 Å². The molecular weight excluding hydrogens is 242 g/mol. The Morgan fingerprint density at radius 3 is 2.53 bits per heavy atom. The third kappa shape index (κ3) is 2.85. The highest BCUT2D eigenvalue weighted by Gasteiger charge is 2.05. The zero-order valence-electron chi connectivity index (χ0n) is 11.1. The molecule has 0 radical (unpaired) electrons. The molecule has 0 bridgehead atoms. The Hall–Kier alpha value is -2.07. The van der Waals surface area contributed by atoms with E-state index in [1.807, 2.05) is 42.7 Å². The summed E-state index contributed by atoms with van der Waals surface area (Å²) in [5.74, 6) is 0.812. The van der Waals surface area contributed by atoms with Crippen LogP contribution in [0.15, 0.2) is 41.3 Å². The maximum atomic E-state index is 11.6. The monoisotopic (exact) mass is 259 g/mol. The number of nitrogens with zero attached hydrogens (tertiary/aromatic N) is 1. The van der Waals surface area contributed by atoms with Crippen LogP contribution in [-0.2, 0) is 6.61 Å². The van der Waals surface area contributed by atoms with Gasteiger partial charge in [-0.15, -0.1) is 0 Å². The molecule has 0 atom stereocenters. The highest BCUT2D eigenvalue weighted by atomic mass is 16.5. The third-order valence-electron chi connectivity index (χ3n) is 2.92. The van der Waals surface area contributed by atoms with Crippen molar-refractivity contribution in [2.75, 3.05) is 6.61 Å². The van der Waals surface area contributed by atoms with Crippen LogP contribution in [0.5, 0.6) is 5.75 Å². The number of aliphatic hydroxyl groups excluding tert-OH is 1. The van der Waals surface area contributed by atoms with Gasteiger partial charge in [0.1, 0.15) is 5.75 Å². The molecule has 100 valence electrons. The smallest absolute Gasteiger partial charge is 0.187 e. The lowest BCUT2D eigenvalue weighted by Crippen LogP contribution is -2.14. The normalized spacial score (nSPS) is 10.5. The third-order valence-corrected chi connectivity index (χ3v) is 2.92. The predicted molar refractivity (Wildman–Crippen MR) is 73.9 cm³/mol. The molecule has 2 rings (SSSR count). The maximum absolute atomic E-state index is 11.6. The maximum Gasteiger partial charge on any atom is 0.187 e. The number of rotatable bonds is 4. The lowest BCUT2D eigenvalue weighted by molar-refractivity contribution is 0.280. The number of benzene rings is 1. The molecule has 0 saturated heterocycles. The number of pyridine rings is 1. The number of aromatic nitrogens is 1. The van der Waals surface area contributed by atoms with Gasteiger partial charge in [0.25, 0.3) is 0 Å². The van der Waals surface area contributed by atoms with Crippen LogP contribution >= 0.6 is 0 Å². The van der Waals surface area contributed by atoms with E-state index in [9.17, 15) is 4.79 Å². The molecule has 0 spiro atoms. The van der Waals surface area contributed by atoms with E-state index in [1.54, 1.807) is 6.20 Å². The zero-order valence-corrected chi connectivity index (χ0v) is 11.1. The summed E-state index contributed by atoms with van der Waals surface area (Å²) < 4.78 is 7.27. The van der Waals surface area contributed by atoms with Gasteiger partial charge in [-0.3, -0.25) is 4.79 Å². The van der Waals surface area contributed by atoms with E-state index in [0.29, 0.717) is 12.2 Å². The van der Waals surface area contributed by atoms with E-state index < -0.39 is 0 Å². The standard InChI is InChI=1S/C15H17NO3/c1-3-19-14-6-4-13(5-7-14)16-9-12(10-17)15(18)8-11(16)2/h4-9,17H,3,10H2,1-2H3. The number of aliphatic hydroxyl groups is 1. The van der Waals surface area contributed by atoms with Crippen molar-refractivity contribution >= 4 is 0 Å². The lowest BCUT2D eigenvalue weighted by atomic mass is 10.2. The molecule has 1 aromatic heterocycles. The molecule has 0 fully saturated rings. The molecule has 0 saturated carbocycles. The Bertz CT molecular complexity index is 614. The van der Waals surface area contributed by atoms with E-state index in [-0.39, 0.29) is 12.0 Å². The minimum absolute atomic E-state index is 0.137. The molecule has 1 heterocycles. The Labute approximate surface area is 111 Å². The van der Waals surface area contributed by atoms with Crippen LogP contribution < -0.4 is 10.2 Å². The fourth-order valence-electron chi connectivity index (χ4n) is 1.94. The van der Waals surface area contributed by atoms with Crippen molar-refractivity contribution < 1.29 is 9.84 Å². The van der Waals surface area contributed by atoms with Gasteiger partial charge >= 0.3 is 0 Å². The van der Waals surface area contributed by atoms with Crippen LogP contribution in [0.3, 0.4) is 0 Å². The Morgan fingerprint density at radius 2 is 1.95 bits per heavy atom. The first-order chi connectivity index (χ1) is 9.15. The first kappa shape index (κ1) is 13.4. The van der Waals surface area contributed by atoms with Gasteiger partial charge < -0.3 is 14.4 Å². The van der Waals surface area contributed by atoms with E-state index in [0.717, 1.165) is 17.1 Å². The fourth-order valence-corrected chi connectivity index (χ4v) is 1.94. The number of hydrogen-bond acceptors (Lipinski definition) is 3. The van der Waals surface area contributed by atoms with Gasteiger partial charge in [-0.25, -0.2) is 0 Å². The van der Waals surface area contributed by atoms with E-state index >= 15 is 0 Å². The van der Waals surface area contributed by atoms with Crippen LogP contribution in [0.1, 0.15) is 18.2 Å². The van der Waals surface area contributed by atoms with Crippen molar-refractivity contribution in [2.45, 2.75) is 20.5 Å². The van der Waals surface area contributed by atoms with Crippen LogP contribution in [-0.4, -0.2) is 16.3 Å². The van der Waals surface area contributed by atoms with Gasteiger partial charge in [0.2, 0.25) is 0 Å². The number of aryl methyl sites for hydroxylation is 1. The van der Waals surface area contributed by atoms with E-state index in [4.69, 9.17) is 9.84 Å². The Morgan fingerprint density at radius 1 is 1.26 bits per heavy atom. The largest absolute Gasteiger partial charge is 0.494 e. The molecule has 4 heteroatoms. The van der Waals surface area contributed by atoms with E-state index in [2.05, 4.69) is 0 Å². The van der Waals surface area contributed by atoms with Crippen LogP contribution in [0.4, 0.5) is 0 Å². The van der Waals surface area contributed by atoms with Crippen LogP contribution in [0, 0.1) is 6.92 Å². The average Bonchev–Trinajstić information content (AvgIpc) is 2.41. The molecule has 0 amide bonds. The molecule has 1 aromatic carbocycles. The summed E-state index contributed by atoms with van der Waals surface area (Å²) in [6.07, 6.45) is 1.67. The van der Waals surface area contributed by atoms with Crippen LogP contribution in [0.25, 0.3) is 5.69 Å². The summed E-state index contributed by atoms with van der Waals surface area (Å²) in [5, 5.41) is 9.16. The molecule has 19 heavy (non-hydrogen) atoms. The SMILES string of the molecule is CCOc1ccc(-n2cc(CO)c(=O)cc2C)cc1. The van der Waals surface area contributed by atoms with Gasteiger partial charge in [-0.2, -0.15) is 0 Å². The summed E-state index contributed by atoms with van der Waals surface area (Å²) in [7, 11) is 0. The number of ether oxygens (including phenoxy) is 1. The second kappa shape index (κ2) is 5.71. The molecule has 4 nitrogen and oxygen atoms in total. The van der Waals surface area contributed by atoms with Crippen LogP contribution in [0.2, 0.25) is 0 Å². The summed E-state index contributed by atoms with van der Waals surface area (Å²) in [4.78, 5) is 11.6. The van der Waals surface area contributed by atoms with Crippen molar-refractivity contribution in [1.82, 2.24) is 4.57 Å². The molecule has 0 aliphatic carbocycles. The van der Waals surface area contributed by atoms with E-state index in [1.165, 1.54) is 6.07 Å². The van der Waals surface area contributed by atoms with Gasteiger partial charge in [0, 0.05) is 29.2 Å². The molecule has 2 aromatic rings. The Balaban J connectivity index is 2.43. The highest BCUT2D eigenvalue weighted by Crippen LogP contribution is 2.16. The summed E-state index contributed by atoms with van der Waals surface area (Å²) in [5.41, 5.74) is 2.00. The second-order valence-electron chi connectivity index (χ2n) is 4.26. The van der Waals surface area contributed by atoms with Gasteiger partial charge in [0.05, 0.1) is 13.2 Å². The lowest BCUT2D eigenvalue weighted by Gasteiger charge is -2.12. The average molecular weight is 259 g/mol. The molecule has 0 aliphatic rings. The minimum atomic E-state index is -0.254. The molecule has 1 N–H and O–H groups in total. The first-order valence-electron chi connectivity index (χ1n) is 6.22. The predicted octanol–water partition coefficient (Wildman–Crippen LogP) is 2.04. The topological polar surface area (TPSA) is 51.5 Å². The number of hydrogen-bond donors (Lipinski definition) is 1.